The molecule has 2 nitrogen and oxygen atoms in total. The lowest BCUT2D eigenvalue weighted by Gasteiger charge is -2.14. The van der Waals surface area contributed by atoms with Gasteiger partial charge in [0.1, 0.15) is 0 Å². The zero-order valence-electron chi connectivity index (χ0n) is 6.62. The van der Waals surface area contributed by atoms with Gasteiger partial charge in [-0.25, -0.2) is 0 Å². The summed E-state index contributed by atoms with van der Waals surface area (Å²) in [6.45, 7) is 0. The molecule has 0 saturated heterocycles. The third-order valence-corrected chi connectivity index (χ3v) is 1.90. The van der Waals surface area contributed by atoms with Gasteiger partial charge in [0.2, 0.25) is 0 Å². The normalized spacial score (nSPS) is 11.5. The van der Waals surface area contributed by atoms with Gasteiger partial charge in [0.25, 0.3) is 0 Å². The largest absolute Gasteiger partial charge is 0.418 e. The maximum atomic E-state index is 12.4. The molecule has 0 saturated carbocycles. The monoisotopic (exact) mass is 244 g/mol. The number of benzene rings is 1. The van der Waals surface area contributed by atoms with E-state index in [9.17, 15) is 13.2 Å². The highest BCUT2D eigenvalue weighted by Gasteiger charge is 2.34. The van der Waals surface area contributed by atoms with Crippen molar-refractivity contribution < 1.29 is 13.2 Å². The van der Waals surface area contributed by atoms with Crippen molar-refractivity contribution in [2.24, 2.45) is 0 Å². The molecule has 2 N–H and O–H groups in total. The van der Waals surface area contributed by atoms with E-state index >= 15 is 0 Å². The lowest BCUT2D eigenvalue weighted by Crippen LogP contribution is -2.15. The quantitative estimate of drug-likeness (QED) is 0.616. The van der Waals surface area contributed by atoms with Gasteiger partial charge in [0.05, 0.1) is 16.3 Å². The molecule has 0 aliphatic carbocycles. The van der Waals surface area contributed by atoms with Crippen molar-refractivity contribution in [1.29, 1.82) is 0 Å². The summed E-state index contributed by atoms with van der Waals surface area (Å²) in [4.78, 5) is 1.88. The first-order valence-corrected chi connectivity index (χ1v) is 4.19. The van der Waals surface area contributed by atoms with Crippen LogP contribution in [0.4, 0.5) is 18.9 Å². The number of rotatable bonds is 2. The Bertz CT molecular complexity index is 327. The van der Waals surface area contributed by atoms with Gasteiger partial charge in [-0.2, -0.15) is 13.2 Å². The Kier molecular flexibility index (Phi) is 3.47. The van der Waals surface area contributed by atoms with E-state index in [2.05, 4.69) is 5.43 Å². The number of alkyl halides is 3. The fourth-order valence-corrected chi connectivity index (χ4v) is 1.25. The Morgan fingerprint density at radius 3 is 2.36 bits per heavy atom. The zero-order valence-corrected chi connectivity index (χ0v) is 8.13. The molecule has 14 heavy (non-hydrogen) atoms. The molecule has 0 unspecified atom stereocenters. The number of nitrogens with one attached hydrogen (secondary N) is 2. The molecule has 0 fully saturated rings. The van der Waals surface area contributed by atoms with Gasteiger partial charge in [0, 0.05) is 0 Å². The molecule has 1 aromatic rings. The molecule has 0 bridgehead atoms. The Labute approximate surface area is 88.1 Å². The topological polar surface area (TPSA) is 24.1 Å². The molecule has 0 aromatic heterocycles. The highest BCUT2D eigenvalue weighted by Crippen LogP contribution is 2.37. The predicted molar refractivity (Wildman–Crippen MR) is 49.1 cm³/mol. The van der Waals surface area contributed by atoms with Crippen molar-refractivity contribution in [3.63, 3.8) is 0 Å². The Morgan fingerprint density at radius 2 is 1.86 bits per heavy atom. The maximum absolute atomic E-state index is 12.4. The van der Waals surface area contributed by atoms with Crippen LogP contribution in [-0.4, -0.2) is 0 Å². The van der Waals surface area contributed by atoms with Crippen molar-refractivity contribution in [2.45, 2.75) is 6.18 Å². The highest BCUT2D eigenvalue weighted by molar-refractivity contribution is 6.33. The number of hydrogen-bond donors (Lipinski definition) is 2. The molecule has 0 spiro atoms. The van der Waals surface area contributed by atoms with E-state index in [1.54, 1.807) is 0 Å². The molecule has 1 aromatic carbocycles. The minimum absolute atomic E-state index is 0.0621. The zero-order chi connectivity index (χ0) is 10.8. The van der Waals surface area contributed by atoms with Crippen LogP contribution in [0.25, 0.3) is 0 Å². The molecule has 1 rings (SSSR count). The second-order valence-electron chi connectivity index (χ2n) is 2.38. The van der Waals surface area contributed by atoms with E-state index in [1.807, 2.05) is 4.94 Å². The van der Waals surface area contributed by atoms with Crippen LogP contribution in [0.1, 0.15) is 5.56 Å². The first kappa shape index (κ1) is 11.4. The number of anilines is 1. The van der Waals surface area contributed by atoms with Gasteiger partial charge in [-0.05, 0) is 23.9 Å². The van der Waals surface area contributed by atoms with Gasteiger partial charge in [0.15, 0.2) is 0 Å². The van der Waals surface area contributed by atoms with Crippen molar-refractivity contribution in [2.75, 3.05) is 5.43 Å². The molecular weight excluding hydrogens is 240 g/mol. The van der Waals surface area contributed by atoms with E-state index in [-0.39, 0.29) is 10.7 Å². The Hall–Kier alpha value is -0.650. The lowest BCUT2D eigenvalue weighted by molar-refractivity contribution is -0.137. The number of halogens is 5. The minimum atomic E-state index is -4.47. The van der Waals surface area contributed by atoms with E-state index in [1.165, 1.54) is 12.1 Å². The molecule has 0 atom stereocenters. The van der Waals surface area contributed by atoms with Crippen molar-refractivity contribution in [3.8, 4) is 0 Å². The SMILES string of the molecule is FC(F)(F)c1cccc(Cl)c1NNCl. The summed E-state index contributed by atoms with van der Waals surface area (Å²) in [5, 5.41) is -0.0621. The van der Waals surface area contributed by atoms with E-state index in [4.69, 9.17) is 23.4 Å². The van der Waals surface area contributed by atoms with Gasteiger partial charge in [-0.15, -0.1) is 4.94 Å². The summed E-state index contributed by atoms with van der Waals surface area (Å²) in [5.74, 6) is 0. The fraction of sp³-hybridized carbons (Fsp3) is 0.143. The molecule has 0 heterocycles. The van der Waals surface area contributed by atoms with E-state index in [0.29, 0.717) is 0 Å². The fourth-order valence-electron chi connectivity index (χ4n) is 0.935. The second kappa shape index (κ2) is 4.25. The molecule has 78 valence electrons. The Morgan fingerprint density at radius 1 is 1.21 bits per heavy atom. The first-order valence-electron chi connectivity index (χ1n) is 3.44. The summed E-state index contributed by atoms with van der Waals surface area (Å²) in [5.41, 5.74) is 0.943. The van der Waals surface area contributed by atoms with Crippen molar-refractivity contribution in [3.05, 3.63) is 28.8 Å². The van der Waals surface area contributed by atoms with Crippen LogP contribution in [-0.2, 0) is 6.18 Å². The van der Waals surface area contributed by atoms with Crippen molar-refractivity contribution >= 4 is 29.1 Å². The minimum Gasteiger partial charge on any atom is -0.306 e. The van der Waals surface area contributed by atoms with Crippen LogP contribution < -0.4 is 10.4 Å². The van der Waals surface area contributed by atoms with Crippen LogP contribution in [0.5, 0.6) is 0 Å². The molecular formula is C7H5Cl2F3N2. The van der Waals surface area contributed by atoms with Gasteiger partial charge < -0.3 is 5.43 Å². The van der Waals surface area contributed by atoms with Gasteiger partial charge >= 0.3 is 6.18 Å². The second-order valence-corrected chi connectivity index (χ2v) is 2.98. The standard InChI is InChI=1S/C7H5Cl2F3N2/c8-5-3-1-2-4(7(10,11)12)6(5)13-14-9/h1-3,13-14H. The first-order chi connectivity index (χ1) is 6.46. The third kappa shape index (κ3) is 2.43. The smallest absolute Gasteiger partial charge is 0.306 e. The van der Waals surface area contributed by atoms with Crippen LogP contribution in [0.15, 0.2) is 18.2 Å². The van der Waals surface area contributed by atoms with Crippen LogP contribution in [0, 0.1) is 0 Å². The number of hydrazine groups is 1. The Balaban J connectivity index is 3.21. The summed E-state index contributed by atoms with van der Waals surface area (Å²) in [6.07, 6.45) is -4.47. The van der Waals surface area contributed by atoms with Gasteiger partial charge in [-0.3, -0.25) is 0 Å². The average Bonchev–Trinajstić information content (AvgIpc) is 2.07. The average molecular weight is 245 g/mol. The molecule has 0 amide bonds. The molecule has 0 aliphatic rings. The van der Waals surface area contributed by atoms with Crippen LogP contribution >= 0.6 is 23.4 Å². The van der Waals surface area contributed by atoms with Gasteiger partial charge in [-0.1, -0.05) is 17.7 Å². The molecule has 7 heteroatoms. The van der Waals surface area contributed by atoms with Crippen molar-refractivity contribution in [1.82, 2.24) is 4.94 Å². The summed E-state index contributed by atoms with van der Waals surface area (Å²) >= 11 is 10.6. The van der Waals surface area contributed by atoms with E-state index in [0.717, 1.165) is 6.07 Å². The predicted octanol–water partition coefficient (Wildman–Crippen LogP) is 3.43. The summed E-state index contributed by atoms with van der Waals surface area (Å²) < 4.78 is 37.1. The van der Waals surface area contributed by atoms with Crippen LogP contribution in [0.2, 0.25) is 5.02 Å². The van der Waals surface area contributed by atoms with Crippen LogP contribution in [0.3, 0.4) is 0 Å². The lowest BCUT2D eigenvalue weighted by atomic mass is 10.2. The third-order valence-electron chi connectivity index (χ3n) is 1.49. The summed E-state index contributed by atoms with van der Waals surface area (Å²) in [6, 6.07) is 3.44. The number of hydrogen-bond acceptors (Lipinski definition) is 2. The number of para-hydroxylation sites is 1. The highest BCUT2D eigenvalue weighted by atomic mass is 35.5. The molecule has 0 aliphatic heterocycles. The molecule has 0 radical (unpaired) electrons. The van der Waals surface area contributed by atoms with E-state index < -0.39 is 11.7 Å². The maximum Gasteiger partial charge on any atom is 0.418 e. The summed E-state index contributed by atoms with van der Waals surface area (Å²) in [7, 11) is 0.